The van der Waals surface area contributed by atoms with E-state index in [1.165, 1.54) is 0 Å². The zero-order valence-electron chi connectivity index (χ0n) is 10.9. The van der Waals surface area contributed by atoms with Crippen molar-refractivity contribution in [2.75, 3.05) is 7.11 Å². The van der Waals surface area contributed by atoms with Crippen LogP contribution in [0, 0.1) is 0 Å². The lowest BCUT2D eigenvalue weighted by Gasteiger charge is -2.08. The Labute approximate surface area is 107 Å². The first-order valence-corrected chi connectivity index (χ1v) is 5.97. The molecule has 1 heterocycles. The van der Waals surface area contributed by atoms with E-state index < -0.39 is 0 Å². The SMILES string of the molecule is COc1cccc(Oc2ccc(C(C)C)nc2)c1. The number of methoxy groups -OCH3 is 1. The van der Waals surface area contributed by atoms with Gasteiger partial charge in [-0.2, -0.15) is 0 Å². The minimum Gasteiger partial charge on any atom is -0.497 e. The van der Waals surface area contributed by atoms with Crippen LogP contribution in [0.1, 0.15) is 25.5 Å². The summed E-state index contributed by atoms with van der Waals surface area (Å²) in [6.07, 6.45) is 1.74. The Bertz CT molecular complexity index is 506. The molecule has 2 rings (SSSR count). The lowest BCUT2D eigenvalue weighted by Crippen LogP contribution is -1.92. The standard InChI is InChI=1S/C15H17NO2/c1-11(2)15-8-7-14(10-16-15)18-13-6-4-5-12(9-13)17-3/h4-11H,1-3H3. The van der Waals surface area contributed by atoms with Gasteiger partial charge in [0.2, 0.25) is 0 Å². The van der Waals surface area contributed by atoms with Gasteiger partial charge in [-0.3, -0.25) is 4.98 Å². The predicted molar refractivity (Wildman–Crippen MR) is 71.4 cm³/mol. The van der Waals surface area contributed by atoms with E-state index in [1.54, 1.807) is 13.3 Å². The van der Waals surface area contributed by atoms with Crippen LogP contribution in [-0.2, 0) is 0 Å². The molecule has 0 saturated heterocycles. The molecule has 0 spiro atoms. The van der Waals surface area contributed by atoms with Crippen LogP contribution >= 0.6 is 0 Å². The molecule has 3 nitrogen and oxygen atoms in total. The summed E-state index contributed by atoms with van der Waals surface area (Å²) < 4.78 is 10.9. The maximum Gasteiger partial charge on any atom is 0.145 e. The summed E-state index contributed by atoms with van der Waals surface area (Å²) in [6, 6.07) is 11.4. The summed E-state index contributed by atoms with van der Waals surface area (Å²) in [5, 5.41) is 0. The molecule has 0 fully saturated rings. The minimum absolute atomic E-state index is 0.427. The van der Waals surface area contributed by atoms with Crippen molar-refractivity contribution in [1.82, 2.24) is 4.98 Å². The molecule has 0 saturated carbocycles. The Hall–Kier alpha value is -2.03. The second-order valence-corrected chi connectivity index (χ2v) is 4.35. The van der Waals surface area contributed by atoms with Crippen LogP contribution in [0.5, 0.6) is 17.2 Å². The van der Waals surface area contributed by atoms with E-state index in [0.29, 0.717) is 5.92 Å². The van der Waals surface area contributed by atoms with Crippen molar-refractivity contribution in [2.24, 2.45) is 0 Å². The molecule has 0 N–H and O–H groups in total. The number of hydrogen-bond donors (Lipinski definition) is 0. The average Bonchev–Trinajstić information content (AvgIpc) is 2.39. The number of pyridine rings is 1. The van der Waals surface area contributed by atoms with Crippen LogP contribution in [0.15, 0.2) is 42.6 Å². The summed E-state index contributed by atoms with van der Waals surface area (Å²) in [7, 11) is 1.64. The van der Waals surface area contributed by atoms with Crippen molar-refractivity contribution in [3.63, 3.8) is 0 Å². The van der Waals surface area contributed by atoms with Crippen LogP contribution in [0.3, 0.4) is 0 Å². The molecule has 1 aromatic heterocycles. The highest BCUT2D eigenvalue weighted by atomic mass is 16.5. The van der Waals surface area contributed by atoms with Gasteiger partial charge in [0.05, 0.1) is 13.3 Å². The Kier molecular flexibility index (Phi) is 3.82. The van der Waals surface area contributed by atoms with Crippen LogP contribution in [0.4, 0.5) is 0 Å². The first-order valence-electron chi connectivity index (χ1n) is 5.97. The van der Waals surface area contributed by atoms with Gasteiger partial charge < -0.3 is 9.47 Å². The van der Waals surface area contributed by atoms with Crippen molar-refractivity contribution in [1.29, 1.82) is 0 Å². The Balaban J connectivity index is 2.13. The number of nitrogens with zero attached hydrogens (tertiary/aromatic N) is 1. The lowest BCUT2D eigenvalue weighted by molar-refractivity contribution is 0.409. The highest BCUT2D eigenvalue weighted by molar-refractivity contribution is 5.36. The first-order chi connectivity index (χ1) is 8.69. The molecule has 0 amide bonds. The number of aromatic nitrogens is 1. The summed E-state index contributed by atoms with van der Waals surface area (Å²) >= 11 is 0. The van der Waals surface area contributed by atoms with Crippen molar-refractivity contribution >= 4 is 0 Å². The van der Waals surface area contributed by atoms with Crippen molar-refractivity contribution in [3.05, 3.63) is 48.3 Å². The predicted octanol–water partition coefficient (Wildman–Crippen LogP) is 4.01. The zero-order valence-corrected chi connectivity index (χ0v) is 10.9. The fraction of sp³-hybridized carbons (Fsp3) is 0.267. The van der Waals surface area contributed by atoms with Gasteiger partial charge in [0, 0.05) is 11.8 Å². The maximum absolute atomic E-state index is 5.71. The topological polar surface area (TPSA) is 31.4 Å². The van der Waals surface area contributed by atoms with Gasteiger partial charge in [-0.1, -0.05) is 19.9 Å². The van der Waals surface area contributed by atoms with E-state index in [4.69, 9.17) is 9.47 Å². The lowest BCUT2D eigenvalue weighted by atomic mass is 10.1. The second-order valence-electron chi connectivity index (χ2n) is 4.35. The molecule has 0 bridgehead atoms. The Morgan fingerprint density at radius 2 is 1.78 bits per heavy atom. The van der Waals surface area contributed by atoms with E-state index in [9.17, 15) is 0 Å². The van der Waals surface area contributed by atoms with E-state index in [-0.39, 0.29) is 0 Å². The van der Waals surface area contributed by atoms with Gasteiger partial charge in [-0.25, -0.2) is 0 Å². The van der Waals surface area contributed by atoms with Gasteiger partial charge in [-0.05, 0) is 30.2 Å². The molecule has 0 aliphatic heterocycles. The summed E-state index contributed by atoms with van der Waals surface area (Å²) in [6.45, 7) is 4.23. The monoisotopic (exact) mass is 243 g/mol. The minimum atomic E-state index is 0.427. The van der Waals surface area contributed by atoms with Gasteiger partial charge >= 0.3 is 0 Å². The zero-order chi connectivity index (χ0) is 13.0. The molecule has 0 radical (unpaired) electrons. The van der Waals surface area contributed by atoms with E-state index in [1.807, 2.05) is 36.4 Å². The Morgan fingerprint density at radius 1 is 1.00 bits per heavy atom. The number of benzene rings is 1. The third-order valence-electron chi connectivity index (χ3n) is 2.63. The molecule has 0 unspecified atom stereocenters. The van der Waals surface area contributed by atoms with Crippen molar-refractivity contribution < 1.29 is 9.47 Å². The third kappa shape index (κ3) is 3.00. The molecule has 3 heteroatoms. The van der Waals surface area contributed by atoms with Crippen molar-refractivity contribution in [3.8, 4) is 17.2 Å². The van der Waals surface area contributed by atoms with Crippen LogP contribution in [0.25, 0.3) is 0 Å². The highest BCUT2D eigenvalue weighted by Crippen LogP contribution is 2.25. The molecule has 1 aromatic carbocycles. The maximum atomic E-state index is 5.71. The normalized spacial score (nSPS) is 10.4. The quantitative estimate of drug-likeness (QED) is 0.813. The second kappa shape index (κ2) is 5.54. The van der Waals surface area contributed by atoms with Gasteiger partial charge in [0.15, 0.2) is 0 Å². The third-order valence-corrected chi connectivity index (χ3v) is 2.63. The molecule has 18 heavy (non-hydrogen) atoms. The molecule has 0 aliphatic carbocycles. The van der Waals surface area contributed by atoms with Gasteiger partial charge in [0.1, 0.15) is 17.2 Å². The summed E-state index contributed by atoms with van der Waals surface area (Å²) in [5.74, 6) is 2.68. The number of ether oxygens (including phenoxy) is 2. The molecule has 94 valence electrons. The molecular weight excluding hydrogens is 226 g/mol. The highest BCUT2D eigenvalue weighted by Gasteiger charge is 2.02. The summed E-state index contributed by atoms with van der Waals surface area (Å²) in [5.41, 5.74) is 1.06. The average molecular weight is 243 g/mol. The molecule has 2 aromatic rings. The Morgan fingerprint density at radius 3 is 2.39 bits per heavy atom. The first kappa shape index (κ1) is 12.4. The smallest absolute Gasteiger partial charge is 0.145 e. The van der Waals surface area contributed by atoms with Crippen LogP contribution in [0.2, 0.25) is 0 Å². The van der Waals surface area contributed by atoms with Crippen LogP contribution < -0.4 is 9.47 Å². The fourth-order valence-electron chi connectivity index (χ4n) is 1.59. The number of rotatable bonds is 4. The summed E-state index contributed by atoms with van der Waals surface area (Å²) in [4.78, 5) is 4.36. The van der Waals surface area contributed by atoms with Gasteiger partial charge in [0.25, 0.3) is 0 Å². The molecule has 0 aliphatic rings. The van der Waals surface area contributed by atoms with E-state index in [0.717, 1.165) is 22.9 Å². The largest absolute Gasteiger partial charge is 0.497 e. The van der Waals surface area contributed by atoms with Gasteiger partial charge in [-0.15, -0.1) is 0 Å². The molecule has 0 atom stereocenters. The van der Waals surface area contributed by atoms with Crippen molar-refractivity contribution in [2.45, 2.75) is 19.8 Å². The molecular formula is C15H17NO2. The fourth-order valence-corrected chi connectivity index (χ4v) is 1.59. The van der Waals surface area contributed by atoms with Crippen LogP contribution in [-0.4, -0.2) is 12.1 Å². The number of hydrogen-bond acceptors (Lipinski definition) is 3. The van der Waals surface area contributed by atoms with E-state index >= 15 is 0 Å². The van der Waals surface area contributed by atoms with E-state index in [2.05, 4.69) is 18.8 Å².